The first kappa shape index (κ1) is 11.8. The van der Waals surface area contributed by atoms with Crippen LogP contribution in [-0.4, -0.2) is 41.0 Å². The van der Waals surface area contributed by atoms with Crippen molar-refractivity contribution in [3.63, 3.8) is 0 Å². The molecule has 1 heterocycles. The molecular weight excluding hydrogens is 202 g/mol. The molecule has 1 aliphatic heterocycles. The zero-order valence-electron chi connectivity index (χ0n) is 8.58. The monoisotopic (exact) mass is 219 g/mol. The summed E-state index contributed by atoms with van der Waals surface area (Å²) in [7, 11) is 0. The quantitative estimate of drug-likeness (QED) is 0.734. The first-order chi connectivity index (χ1) is 6.63. The normalized spacial score (nSPS) is 26.0. The predicted molar refractivity (Wildman–Crippen MR) is 56.7 cm³/mol. The number of piperidine rings is 1. The fourth-order valence-corrected chi connectivity index (χ4v) is 2.15. The minimum atomic E-state index is -0.912. The fraction of sp³-hybridized carbons (Fsp3) is 0.900. The summed E-state index contributed by atoms with van der Waals surface area (Å²) in [5.41, 5.74) is 0. The van der Waals surface area contributed by atoms with Crippen LogP contribution in [0.15, 0.2) is 0 Å². The Morgan fingerprint density at radius 1 is 1.71 bits per heavy atom. The molecule has 2 atom stereocenters. The standard InChI is InChI=1S/C10H18ClNO2/c1-2-8-4-3-5-12(6-8)7-9(11)10(13)14/h8-9H,2-7H2,1H3,(H,13,14). The van der Waals surface area contributed by atoms with Crippen molar-refractivity contribution >= 4 is 17.6 Å². The second-order valence-corrected chi connectivity index (χ2v) is 4.51. The summed E-state index contributed by atoms with van der Waals surface area (Å²) in [6.07, 6.45) is 3.62. The van der Waals surface area contributed by atoms with Crippen LogP contribution in [0.25, 0.3) is 0 Å². The van der Waals surface area contributed by atoms with Gasteiger partial charge in [-0.25, -0.2) is 0 Å². The highest BCUT2D eigenvalue weighted by Gasteiger charge is 2.23. The third kappa shape index (κ3) is 3.46. The van der Waals surface area contributed by atoms with Crippen molar-refractivity contribution in [3.05, 3.63) is 0 Å². The molecule has 0 spiro atoms. The molecule has 0 radical (unpaired) electrons. The summed E-state index contributed by atoms with van der Waals surface area (Å²) in [5.74, 6) is -0.188. The second kappa shape index (κ2) is 5.56. The molecule has 0 aromatic carbocycles. The number of nitrogens with zero attached hydrogens (tertiary/aromatic N) is 1. The van der Waals surface area contributed by atoms with Crippen molar-refractivity contribution in [2.45, 2.75) is 31.6 Å². The summed E-state index contributed by atoms with van der Waals surface area (Å²) >= 11 is 5.70. The number of carboxylic acids is 1. The molecule has 3 nitrogen and oxygen atoms in total. The van der Waals surface area contributed by atoms with E-state index in [1.807, 2.05) is 0 Å². The lowest BCUT2D eigenvalue weighted by Gasteiger charge is -2.32. The minimum absolute atomic E-state index is 0.480. The molecule has 0 aromatic heterocycles. The average Bonchev–Trinajstić information content (AvgIpc) is 2.18. The summed E-state index contributed by atoms with van der Waals surface area (Å²) in [6, 6.07) is 0. The van der Waals surface area contributed by atoms with E-state index in [1.165, 1.54) is 19.3 Å². The Hall–Kier alpha value is -0.280. The SMILES string of the molecule is CCC1CCCN(CC(Cl)C(=O)O)C1. The average molecular weight is 220 g/mol. The lowest BCUT2D eigenvalue weighted by molar-refractivity contribution is -0.137. The van der Waals surface area contributed by atoms with Gasteiger partial charge in [-0.2, -0.15) is 0 Å². The minimum Gasteiger partial charge on any atom is -0.480 e. The Balaban J connectivity index is 2.33. The van der Waals surface area contributed by atoms with Gasteiger partial charge in [0, 0.05) is 13.1 Å². The number of halogens is 1. The number of aliphatic carboxylic acids is 1. The molecule has 82 valence electrons. The maximum atomic E-state index is 10.6. The van der Waals surface area contributed by atoms with E-state index in [4.69, 9.17) is 16.7 Å². The molecule has 1 fully saturated rings. The molecule has 0 aliphatic carbocycles. The van der Waals surface area contributed by atoms with E-state index in [9.17, 15) is 4.79 Å². The Morgan fingerprint density at radius 3 is 3.00 bits per heavy atom. The number of hydrogen-bond donors (Lipinski definition) is 1. The van der Waals surface area contributed by atoms with Crippen LogP contribution in [0.4, 0.5) is 0 Å². The van der Waals surface area contributed by atoms with Crippen LogP contribution in [0.1, 0.15) is 26.2 Å². The summed E-state index contributed by atoms with van der Waals surface area (Å²) in [6.45, 7) is 4.66. The molecule has 0 amide bonds. The van der Waals surface area contributed by atoms with Crippen molar-refractivity contribution in [2.75, 3.05) is 19.6 Å². The van der Waals surface area contributed by atoms with Gasteiger partial charge in [-0.3, -0.25) is 4.79 Å². The summed E-state index contributed by atoms with van der Waals surface area (Å²) in [5, 5.41) is 7.92. The zero-order chi connectivity index (χ0) is 10.6. The molecule has 0 bridgehead atoms. The van der Waals surface area contributed by atoms with E-state index in [-0.39, 0.29) is 0 Å². The lowest BCUT2D eigenvalue weighted by atomic mass is 9.95. The Labute approximate surface area is 90.0 Å². The van der Waals surface area contributed by atoms with Crippen molar-refractivity contribution in [1.29, 1.82) is 0 Å². The molecule has 1 N–H and O–H groups in total. The van der Waals surface area contributed by atoms with E-state index >= 15 is 0 Å². The fourth-order valence-electron chi connectivity index (χ4n) is 1.96. The third-order valence-electron chi connectivity index (χ3n) is 2.87. The Kier molecular flexibility index (Phi) is 4.69. The summed E-state index contributed by atoms with van der Waals surface area (Å²) < 4.78 is 0. The summed E-state index contributed by atoms with van der Waals surface area (Å²) in [4.78, 5) is 12.7. The molecule has 1 saturated heterocycles. The topological polar surface area (TPSA) is 40.5 Å². The van der Waals surface area contributed by atoms with Gasteiger partial charge in [-0.15, -0.1) is 11.6 Å². The molecule has 1 rings (SSSR count). The van der Waals surface area contributed by atoms with Gasteiger partial charge in [-0.1, -0.05) is 13.3 Å². The molecule has 0 saturated carbocycles. The first-order valence-electron chi connectivity index (χ1n) is 5.22. The number of rotatable bonds is 4. The largest absolute Gasteiger partial charge is 0.480 e. The van der Waals surface area contributed by atoms with Gasteiger partial charge in [0.2, 0.25) is 0 Å². The maximum Gasteiger partial charge on any atom is 0.322 e. The van der Waals surface area contributed by atoms with Gasteiger partial charge in [0.15, 0.2) is 0 Å². The van der Waals surface area contributed by atoms with Crippen LogP contribution >= 0.6 is 11.6 Å². The molecule has 2 unspecified atom stereocenters. The zero-order valence-corrected chi connectivity index (χ0v) is 9.33. The van der Waals surface area contributed by atoms with Crippen molar-refractivity contribution in [1.82, 2.24) is 4.90 Å². The van der Waals surface area contributed by atoms with Crippen LogP contribution in [0.3, 0.4) is 0 Å². The van der Waals surface area contributed by atoms with Gasteiger partial charge in [0.25, 0.3) is 0 Å². The van der Waals surface area contributed by atoms with E-state index in [1.54, 1.807) is 0 Å². The van der Waals surface area contributed by atoms with E-state index in [0.29, 0.717) is 6.54 Å². The van der Waals surface area contributed by atoms with Gasteiger partial charge in [0.1, 0.15) is 5.38 Å². The maximum absolute atomic E-state index is 10.6. The van der Waals surface area contributed by atoms with Crippen molar-refractivity contribution in [3.8, 4) is 0 Å². The second-order valence-electron chi connectivity index (χ2n) is 3.98. The highest BCUT2D eigenvalue weighted by Crippen LogP contribution is 2.19. The number of carbonyl (C=O) groups is 1. The highest BCUT2D eigenvalue weighted by atomic mass is 35.5. The van der Waals surface area contributed by atoms with Crippen LogP contribution in [0.5, 0.6) is 0 Å². The molecule has 14 heavy (non-hydrogen) atoms. The number of alkyl halides is 1. The first-order valence-corrected chi connectivity index (χ1v) is 5.66. The smallest absolute Gasteiger partial charge is 0.322 e. The van der Waals surface area contributed by atoms with Crippen molar-refractivity contribution in [2.24, 2.45) is 5.92 Å². The van der Waals surface area contributed by atoms with E-state index in [2.05, 4.69) is 11.8 Å². The Bertz CT molecular complexity index is 199. The van der Waals surface area contributed by atoms with Crippen LogP contribution in [0.2, 0.25) is 0 Å². The molecule has 1 aliphatic rings. The Morgan fingerprint density at radius 2 is 2.43 bits per heavy atom. The van der Waals surface area contributed by atoms with Gasteiger partial charge >= 0.3 is 5.97 Å². The van der Waals surface area contributed by atoms with Crippen LogP contribution in [-0.2, 0) is 4.79 Å². The highest BCUT2D eigenvalue weighted by molar-refractivity contribution is 6.29. The lowest BCUT2D eigenvalue weighted by Crippen LogP contribution is -2.40. The number of carboxylic acid groups (broad SMARTS) is 1. The third-order valence-corrected chi connectivity index (χ3v) is 3.19. The number of hydrogen-bond acceptors (Lipinski definition) is 2. The van der Waals surface area contributed by atoms with Gasteiger partial charge in [0.05, 0.1) is 0 Å². The van der Waals surface area contributed by atoms with Gasteiger partial charge < -0.3 is 10.0 Å². The van der Waals surface area contributed by atoms with Gasteiger partial charge in [-0.05, 0) is 25.3 Å². The van der Waals surface area contributed by atoms with Crippen LogP contribution < -0.4 is 0 Å². The molecular formula is C10H18ClNO2. The van der Waals surface area contributed by atoms with Crippen LogP contribution in [0, 0.1) is 5.92 Å². The predicted octanol–water partition coefficient (Wildman–Crippen LogP) is 1.80. The number of likely N-dealkylation sites (tertiary alicyclic amines) is 1. The van der Waals surface area contributed by atoms with Crippen molar-refractivity contribution < 1.29 is 9.90 Å². The molecule has 0 aromatic rings. The van der Waals surface area contributed by atoms with E-state index in [0.717, 1.165) is 19.0 Å². The van der Waals surface area contributed by atoms with E-state index < -0.39 is 11.3 Å². The molecule has 4 heteroatoms.